The predicted octanol–water partition coefficient (Wildman–Crippen LogP) is 7.01. The van der Waals surface area contributed by atoms with Crippen molar-refractivity contribution in [1.82, 2.24) is 4.98 Å². The highest BCUT2D eigenvalue weighted by Gasteiger charge is 2.08. The van der Waals surface area contributed by atoms with Gasteiger partial charge in [-0.15, -0.1) is 0 Å². The summed E-state index contributed by atoms with van der Waals surface area (Å²) in [6.07, 6.45) is 8.43. The molecule has 1 aromatic heterocycles. The molecule has 138 valence electrons. The average Bonchev–Trinajstić information content (AvgIpc) is 2.69. The molecule has 1 heterocycles. The van der Waals surface area contributed by atoms with Gasteiger partial charge in [0.05, 0.1) is 0 Å². The molecule has 1 atom stereocenters. The van der Waals surface area contributed by atoms with Gasteiger partial charge in [-0.1, -0.05) is 60.1 Å². The van der Waals surface area contributed by atoms with Crippen LogP contribution in [0, 0.1) is 0 Å². The van der Waals surface area contributed by atoms with Gasteiger partial charge in [-0.2, -0.15) is 0 Å². The normalized spacial score (nSPS) is 11.8. The van der Waals surface area contributed by atoms with Gasteiger partial charge in [-0.3, -0.25) is 4.98 Å². The lowest BCUT2D eigenvalue weighted by atomic mass is 10.1. The first-order valence-electron chi connectivity index (χ1n) is 8.89. The summed E-state index contributed by atoms with van der Waals surface area (Å²) in [4.78, 5) is 4.15. The molecule has 2 aromatic carbocycles. The zero-order chi connectivity index (χ0) is 19.1. The summed E-state index contributed by atoms with van der Waals surface area (Å²) in [5, 5.41) is 1.26. The van der Waals surface area contributed by atoms with Crippen molar-refractivity contribution in [3.05, 3.63) is 95.3 Å². The highest BCUT2D eigenvalue weighted by atomic mass is 35.5. The molecule has 0 saturated heterocycles. The van der Waals surface area contributed by atoms with E-state index in [-0.39, 0.29) is 6.10 Å². The second kappa shape index (κ2) is 9.59. The van der Waals surface area contributed by atoms with Gasteiger partial charge < -0.3 is 4.74 Å². The summed E-state index contributed by atoms with van der Waals surface area (Å²) >= 11 is 12.3. The van der Waals surface area contributed by atoms with E-state index in [0.717, 1.165) is 36.1 Å². The summed E-state index contributed by atoms with van der Waals surface area (Å²) < 4.78 is 6.05. The Hall–Kier alpha value is -2.29. The fourth-order valence-corrected chi connectivity index (χ4v) is 3.41. The second-order valence-electron chi connectivity index (χ2n) is 6.29. The average molecular weight is 398 g/mol. The lowest BCUT2D eigenvalue weighted by Crippen LogP contribution is -2.13. The molecule has 27 heavy (non-hydrogen) atoms. The van der Waals surface area contributed by atoms with Crippen LogP contribution in [-0.2, 0) is 6.42 Å². The number of ether oxygens (including phenoxy) is 1. The number of hydrogen-bond donors (Lipinski definition) is 0. The predicted molar refractivity (Wildman–Crippen MR) is 114 cm³/mol. The van der Waals surface area contributed by atoms with Crippen molar-refractivity contribution in [2.45, 2.75) is 25.4 Å². The van der Waals surface area contributed by atoms with Crippen LogP contribution >= 0.6 is 23.2 Å². The van der Waals surface area contributed by atoms with E-state index in [1.54, 1.807) is 12.3 Å². The lowest BCUT2D eigenvalue weighted by molar-refractivity contribution is 0.235. The Morgan fingerprint density at radius 2 is 1.89 bits per heavy atom. The maximum atomic E-state index is 6.28. The molecule has 0 fully saturated rings. The van der Waals surface area contributed by atoms with Gasteiger partial charge in [0.25, 0.3) is 0 Å². The van der Waals surface area contributed by atoms with Crippen LogP contribution in [0.5, 0.6) is 5.75 Å². The third kappa shape index (κ3) is 5.59. The van der Waals surface area contributed by atoms with Crippen molar-refractivity contribution in [2.24, 2.45) is 0 Å². The second-order valence-corrected chi connectivity index (χ2v) is 7.14. The van der Waals surface area contributed by atoms with Crippen LogP contribution in [0.15, 0.2) is 79.6 Å². The monoisotopic (exact) mass is 397 g/mol. The van der Waals surface area contributed by atoms with Gasteiger partial charge in [0.15, 0.2) is 0 Å². The van der Waals surface area contributed by atoms with Crippen LogP contribution in [0.1, 0.15) is 18.4 Å². The third-order valence-corrected chi connectivity index (χ3v) is 4.87. The number of nitrogens with zero attached hydrogens (tertiary/aromatic N) is 1. The molecule has 0 radical (unpaired) electrons. The molecule has 3 aromatic rings. The Morgan fingerprint density at radius 3 is 2.56 bits per heavy atom. The van der Waals surface area contributed by atoms with Crippen LogP contribution in [0.25, 0.3) is 11.1 Å². The van der Waals surface area contributed by atoms with Gasteiger partial charge >= 0.3 is 0 Å². The molecule has 0 aliphatic heterocycles. The number of halogens is 2. The minimum Gasteiger partial charge on any atom is -0.486 e. The summed E-state index contributed by atoms with van der Waals surface area (Å²) in [7, 11) is 0. The van der Waals surface area contributed by atoms with Gasteiger partial charge in [0, 0.05) is 28.0 Å². The lowest BCUT2D eigenvalue weighted by Gasteiger charge is -2.16. The number of aromatic nitrogens is 1. The molecule has 0 unspecified atom stereocenters. The topological polar surface area (TPSA) is 22.1 Å². The minimum atomic E-state index is -0.0216. The SMILES string of the molecule is C=C[C@@H](CCCc1cccnc1)Oc1ccc(-c2ccc(Cl)cc2Cl)cc1. The standard InChI is InChI=1S/C23H21Cl2NO/c1-2-20(7-3-5-17-6-4-14-26-16-17)27-21-11-8-18(9-12-21)22-13-10-19(24)15-23(22)25/h2,4,6,8-16,20H,1,3,5,7H2/t20-/m0/s1. The Balaban J connectivity index is 1.58. The Bertz CT molecular complexity index is 879. The molecule has 0 N–H and O–H groups in total. The molecule has 0 aliphatic rings. The molecule has 0 amide bonds. The van der Waals surface area contributed by atoms with Crippen LogP contribution in [0.4, 0.5) is 0 Å². The van der Waals surface area contributed by atoms with E-state index in [1.807, 2.05) is 54.7 Å². The first-order chi connectivity index (χ1) is 13.2. The van der Waals surface area contributed by atoms with Gasteiger partial charge in [0.2, 0.25) is 0 Å². The summed E-state index contributed by atoms with van der Waals surface area (Å²) in [5.74, 6) is 0.815. The van der Waals surface area contributed by atoms with E-state index in [9.17, 15) is 0 Å². The smallest absolute Gasteiger partial charge is 0.120 e. The van der Waals surface area contributed by atoms with Gasteiger partial charge in [0.1, 0.15) is 11.9 Å². The van der Waals surface area contributed by atoms with Crippen LogP contribution in [0.2, 0.25) is 10.0 Å². The number of pyridine rings is 1. The first kappa shape index (κ1) is 19.5. The van der Waals surface area contributed by atoms with E-state index in [1.165, 1.54) is 5.56 Å². The van der Waals surface area contributed by atoms with Gasteiger partial charge in [-0.05, 0) is 60.7 Å². The molecule has 0 bridgehead atoms. The summed E-state index contributed by atoms with van der Waals surface area (Å²) in [5.41, 5.74) is 3.21. The van der Waals surface area contributed by atoms with E-state index < -0.39 is 0 Å². The summed E-state index contributed by atoms with van der Waals surface area (Å²) in [6.45, 7) is 3.90. The van der Waals surface area contributed by atoms with E-state index >= 15 is 0 Å². The summed E-state index contributed by atoms with van der Waals surface area (Å²) in [6, 6.07) is 17.5. The molecule has 0 spiro atoms. The molecular weight excluding hydrogens is 377 g/mol. The molecule has 0 saturated carbocycles. The van der Waals surface area contributed by atoms with Crippen molar-refractivity contribution < 1.29 is 4.74 Å². The largest absolute Gasteiger partial charge is 0.486 e. The fraction of sp³-hybridized carbons (Fsp3) is 0.174. The minimum absolute atomic E-state index is 0.0216. The highest BCUT2D eigenvalue weighted by molar-refractivity contribution is 6.36. The van der Waals surface area contributed by atoms with E-state index in [2.05, 4.69) is 17.6 Å². The molecular formula is C23H21Cl2NO. The van der Waals surface area contributed by atoms with Crippen molar-refractivity contribution in [1.29, 1.82) is 0 Å². The van der Waals surface area contributed by atoms with Crippen LogP contribution in [0.3, 0.4) is 0 Å². The number of hydrogen-bond acceptors (Lipinski definition) is 2. The van der Waals surface area contributed by atoms with Crippen LogP contribution < -0.4 is 4.74 Å². The van der Waals surface area contributed by atoms with Crippen molar-refractivity contribution in [3.8, 4) is 16.9 Å². The number of rotatable bonds is 8. The zero-order valence-corrected chi connectivity index (χ0v) is 16.5. The first-order valence-corrected chi connectivity index (χ1v) is 9.65. The van der Waals surface area contributed by atoms with E-state index in [0.29, 0.717) is 10.0 Å². The zero-order valence-electron chi connectivity index (χ0n) is 14.9. The number of benzene rings is 2. The molecule has 0 aliphatic carbocycles. The highest BCUT2D eigenvalue weighted by Crippen LogP contribution is 2.31. The van der Waals surface area contributed by atoms with Crippen molar-refractivity contribution in [2.75, 3.05) is 0 Å². The van der Waals surface area contributed by atoms with E-state index in [4.69, 9.17) is 27.9 Å². The van der Waals surface area contributed by atoms with Crippen molar-refractivity contribution >= 4 is 23.2 Å². The maximum absolute atomic E-state index is 6.28. The Kier molecular flexibility index (Phi) is 6.92. The number of aryl methyl sites for hydroxylation is 1. The Labute approximate surface area is 170 Å². The molecule has 2 nitrogen and oxygen atoms in total. The molecule has 4 heteroatoms. The quantitative estimate of drug-likeness (QED) is 0.381. The maximum Gasteiger partial charge on any atom is 0.120 e. The van der Waals surface area contributed by atoms with Gasteiger partial charge in [-0.25, -0.2) is 0 Å². The molecule has 3 rings (SSSR count). The van der Waals surface area contributed by atoms with Crippen LogP contribution in [-0.4, -0.2) is 11.1 Å². The third-order valence-electron chi connectivity index (χ3n) is 4.32. The van der Waals surface area contributed by atoms with Crippen molar-refractivity contribution in [3.63, 3.8) is 0 Å². The fourth-order valence-electron chi connectivity index (χ4n) is 2.89. The Morgan fingerprint density at radius 1 is 1.07 bits per heavy atom.